The average molecular weight is 429 g/mol. The Kier molecular flexibility index (Phi) is 9.29. The largest absolute Gasteiger partial charge is 0.394 e. The summed E-state index contributed by atoms with van der Waals surface area (Å²) in [6.45, 7) is -3.40. The van der Waals surface area contributed by atoms with E-state index in [4.69, 9.17) is 0 Å². The van der Waals surface area contributed by atoms with Crippen molar-refractivity contribution < 1.29 is 45.0 Å². The smallest absolute Gasteiger partial charge is 0.252 e. The molecule has 1 aromatic carbocycles. The fourth-order valence-corrected chi connectivity index (χ4v) is 2.33. The third-order valence-corrected chi connectivity index (χ3v) is 4.35. The molecular weight excluding hydrogens is 402 g/mol. The van der Waals surface area contributed by atoms with Crippen molar-refractivity contribution in [2.24, 2.45) is 0 Å². The van der Waals surface area contributed by atoms with Crippen LogP contribution >= 0.6 is 0 Å². The van der Waals surface area contributed by atoms with Crippen molar-refractivity contribution in [1.82, 2.24) is 10.6 Å². The summed E-state index contributed by atoms with van der Waals surface area (Å²) < 4.78 is 0. The summed E-state index contributed by atoms with van der Waals surface area (Å²) in [6.07, 6.45) is 0. The second-order valence-electron chi connectivity index (χ2n) is 6.90. The van der Waals surface area contributed by atoms with E-state index in [0.717, 1.165) is 6.07 Å². The molecule has 0 bridgehead atoms. The number of anilines is 1. The molecule has 1 rings (SSSR count). The van der Waals surface area contributed by atoms with Gasteiger partial charge >= 0.3 is 0 Å². The number of amides is 3. The Morgan fingerprint density at radius 2 is 1.03 bits per heavy atom. The van der Waals surface area contributed by atoms with Crippen LogP contribution in [0.3, 0.4) is 0 Å². The standard InChI is InChI=1S/C18H27N3O9/c1-11(28)19-14-3-12(15(29)20-17(5-22,6-23)7-24)2-13(4-14)16(30)21-18(8-25,9-26)10-27/h2-4,22-27H,5-10H2,1H3,(H,19,28)(H,20,29)(H,21,30). The maximum atomic E-state index is 12.6. The van der Waals surface area contributed by atoms with Crippen LogP contribution in [0, 0.1) is 0 Å². The third kappa shape index (κ3) is 6.19. The van der Waals surface area contributed by atoms with Crippen molar-refractivity contribution in [1.29, 1.82) is 0 Å². The number of carbonyl (C=O) groups is 3. The second kappa shape index (κ2) is 11.0. The van der Waals surface area contributed by atoms with Crippen LogP contribution in [0.25, 0.3) is 0 Å². The van der Waals surface area contributed by atoms with Gasteiger partial charge in [0.2, 0.25) is 5.91 Å². The monoisotopic (exact) mass is 429 g/mol. The van der Waals surface area contributed by atoms with E-state index in [2.05, 4.69) is 16.0 Å². The summed E-state index contributed by atoms with van der Waals surface area (Å²) in [5, 5.41) is 63.2. The van der Waals surface area contributed by atoms with Gasteiger partial charge in [0.1, 0.15) is 11.1 Å². The Morgan fingerprint density at radius 1 is 0.700 bits per heavy atom. The molecule has 168 valence electrons. The minimum Gasteiger partial charge on any atom is -0.394 e. The number of rotatable bonds is 11. The van der Waals surface area contributed by atoms with Crippen LogP contribution in [0.15, 0.2) is 18.2 Å². The molecule has 3 amide bonds. The molecule has 0 aromatic heterocycles. The van der Waals surface area contributed by atoms with Gasteiger partial charge in [0.15, 0.2) is 0 Å². The molecule has 0 saturated carbocycles. The van der Waals surface area contributed by atoms with Crippen molar-refractivity contribution in [2.75, 3.05) is 45.0 Å². The van der Waals surface area contributed by atoms with Crippen molar-refractivity contribution in [2.45, 2.75) is 18.0 Å². The first-order valence-electron chi connectivity index (χ1n) is 8.86. The normalized spacial score (nSPS) is 11.7. The molecule has 1 aromatic rings. The lowest BCUT2D eigenvalue weighted by molar-refractivity contribution is -0.114. The van der Waals surface area contributed by atoms with Crippen LogP contribution in [0.1, 0.15) is 27.6 Å². The summed E-state index contributed by atoms with van der Waals surface area (Å²) in [6, 6.07) is 3.56. The highest BCUT2D eigenvalue weighted by atomic mass is 16.3. The minimum absolute atomic E-state index is 0.0606. The molecule has 30 heavy (non-hydrogen) atoms. The van der Waals surface area contributed by atoms with Gasteiger partial charge in [-0.3, -0.25) is 14.4 Å². The van der Waals surface area contributed by atoms with Gasteiger partial charge in [-0.25, -0.2) is 0 Å². The number of hydrogen-bond acceptors (Lipinski definition) is 9. The van der Waals surface area contributed by atoms with Gasteiger partial charge in [-0.2, -0.15) is 0 Å². The van der Waals surface area contributed by atoms with Crippen LogP contribution in [0.5, 0.6) is 0 Å². The Bertz CT molecular complexity index is 692. The number of carbonyl (C=O) groups excluding carboxylic acids is 3. The zero-order valence-electron chi connectivity index (χ0n) is 16.4. The molecule has 0 atom stereocenters. The van der Waals surface area contributed by atoms with E-state index in [1.165, 1.54) is 19.1 Å². The molecule has 0 unspecified atom stereocenters. The maximum Gasteiger partial charge on any atom is 0.252 e. The number of benzene rings is 1. The number of nitrogens with one attached hydrogen (secondary N) is 3. The summed E-state index contributed by atoms with van der Waals surface area (Å²) in [7, 11) is 0. The molecule has 0 radical (unpaired) electrons. The topological polar surface area (TPSA) is 209 Å². The van der Waals surface area contributed by atoms with E-state index in [-0.39, 0.29) is 16.8 Å². The van der Waals surface area contributed by atoms with Gasteiger partial charge in [0.05, 0.1) is 39.6 Å². The third-order valence-electron chi connectivity index (χ3n) is 4.35. The maximum absolute atomic E-state index is 12.6. The Morgan fingerprint density at radius 3 is 1.30 bits per heavy atom. The molecule has 9 N–H and O–H groups in total. The van der Waals surface area contributed by atoms with E-state index in [0.29, 0.717) is 0 Å². The quantitative estimate of drug-likeness (QED) is 0.171. The number of aliphatic hydroxyl groups excluding tert-OH is 6. The summed E-state index contributed by atoms with van der Waals surface area (Å²) in [5.41, 5.74) is -3.69. The molecule has 0 saturated heterocycles. The van der Waals surface area contributed by atoms with Crippen molar-refractivity contribution in [3.8, 4) is 0 Å². The van der Waals surface area contributed by atoms with Crippen molar-refractivity contribution in [3.63, 3.8) is 0 Å². The minimum atomic E-state index is -1.72. The van der Waals surface area contributed by atoms with Crippen LogP contribution < -0.4 is 16.0 Å². The lowest BCUT2D eigenvalue weighted by Crippen LogP contribution is -2.57. The van der Waals surface area contributed by atoms with E-state index in [1.54, 1.807) is 0 Å². The van der Waals surface area contributed by atoms with E-state index in [9.17, 15) is 45.0 Å². The molecule has 0 aliphatic heterocycles. The zero-order valence-corrected chi connectivity index (χ0v) is 16.4. The highest BCUT2D eigenvalue weighted by Crippen LogP contribution is 2.18. The van der Waals surface area contributed by atoms with Crippen LogP contribution in [-0.4, -0.2) is 99.1 Å². The lowest BCUT2D eigenvalue weighted by atomic mass is 10.00. The lowest BCUT2D eigenvalue weighted by Gasteiger charge is -2.29. The SMILES string of the molecule is CC(=O)Nc1cc(C(=O)NC(CO)(CO)CO)cc(C(=O)NC(CO)(CO)CO)c1. The number of aliphatic hydroxyl groups is 6. The number of hydrogen-bond donors (Lipinski definition) is 9. The first kappa shape index (κ1) is 25.4. The van der Waals surface area contributed by atoms with Gasteiger partial charge in [0.25, 0.3) is 11.8 Å². The van der Waals surface area contributed by atoms with E-state index < -0.39 is 68.4 Å². The van der Waals surface area contributed by atoms with Gasteiger partial charge in [-0.15, -0.1) is 0 Å². The van der Waals surface area contributed by atoms with Gasteiger partial charge in [-0.05, 0) is 18.2 Å². The highest BCUT2D eigenvalue weighted by Gasteiger charge is 2.32. The molecule has 12 heteroatoms. The van der Waals surface area contributed by atoms with Crippen LogP contribution in [-0.2, 0) is 4.79 Å². The predicted octanol–water partition coefficient (Wildman–Crippen LogP) is -3.46. The van der Waals surface area contributed by atoms with Crippen LogP contribution in [0.2, 0.25) is 0 Å². The fraction of sp³-hybridized carbons (Fsp3) is 0.500. The summed E-state index contributed by atoms with van der Waals surface area (Å²) in [4.78, 5) is 36.6. The van der Waals surface area contributed by atoms with Gasteiger partial charge in [-0.1, -0.05) is 0 Å². The highest BCUT2D eigenvalue weighted by molar-refractivity contribution is 6.03. The average Bonchev–Trinajstić information content (AvgIpc) is 2.75. The van der Waals surface area contributed by atoms with E-state index >= 15 is 0 Å². The first-order chi connectivity index (χ1) is 14.1. The van der Waals surface area contributed by atoms with Crippen molar-refractivity contribution >= 4 is 23.4 Å². The molecule has 0 heterocycles. The fourth-order valence-electron chi connectivity index (χ4n) is 2.33. The van der Waals surface area contributed by atoms with Crippen LogP contribution in [0.4, 0.5) is 5.69 Å². The Hall–Kier alpha value is -2.61. The Labute approximate surface area is 172 Å². The molecular formula is C18H27N3O9. The zero-order chi connectivity index (χ0) is 22.9. The molecule has 12 nitrogen and oxygen atoms in total. The van der Waals surface area contributed by atoms with Gasteiger partial charge in [0, 0.05) is 23.7 Å². The summed E-state index contributed by atoms with van der Waals surface area (Å²) >= 11 is 0. The van der Waals surface area contributed by atoms with Gasteiger partial charge < -0.3 is 46.6 Å². The molecule has 0 aliphatic carbocycles. The molecule has 0 aliphatic rings. The molecule has 0 spiro atoms. The Balaban J connectivity index is 3.33. The molecule has 0 fully saturated rings. The predicted molar refractivity (Wildman–Crippen MR) is 104 cm³/mol. The second-order valence-corrected chi connectivity index (χ2v) is 6.90. The summed E-state index contributed by atoms with van der Waals surface area (Å²) in [5.74, 6) is -2.23. The van der Waals surface area contributed by atoms with Crippen molar-refractivity contribution in [3.05, 3.63) is 29.3 Å². The first-order valence-corrected chi connectivity index (χ1v) is 8.86. The van der Waals surface area contributed by atoms with E-state index in [1.807, 2.05) is 0 Å².